The quantitative estimate of drug-likeness (QED) is 0.0174. The van der Waals surface area contributed by atoms with Crippen LogP contribution in [0.4, 0.5) is 5.69 Å². The van der Waals surface area contributed by atoms with Crippen LogP contribution >= 0.6 is 12.2 Å². The molecule has 0 radical (unpaired) electrons. The van der Waals surface area contributed by atoms with Crippen LogP contribution in [0.25, 0.3) is 0 Å². The number of ether oxygens (including phenoxy) is 4. The predicted octanol–water partition coefficient (Wildman–Crippen LogP) is 3.05. The summed E-state index contributed by atoms with van der Waals surface area (Å²) in [6, 6.07) is 21.4. The third-order valence-electron chi connectivity index (χ3n) is 10.7. The summed E-state index contributed by atoms with van der Waals surface area (Å²) in [6.45, 7) is -6.15. The molecule has 0 spiro atoms. The minimum atomic E-state index is -1.33. The van der Waals surface area contributed by atoms with Crippen LogP contribution in [0.2, 0.25) is 0 Å². The van der Waals surface area contributed by atoms with E-state index in [0.717, 1.165) is 15.4 Å². The predicted molar refractivity (Wildman–Crippen MR) is 286 cm³/mol. The molecule has 8 N–H and O–H groups in total. The van der Waals surface area contributed by atoms with Crippen LogP contribution in [0.15, 0.2) is 89.9 Å². The molecule has 0 saturated heterocycles. The number of carboxylic acids is 8. The van der Waals surface area contributed by atoms with E-state index in [2.05, 4.69) is 33.8 Å². The number of isothiocyanates is 1. The largest absolute Gasteiger partial charge is 3.00 e. The van der Waals surface area contributed by atoms with Crippen molar-refractivity contribution in [2.75, 3.05) is 59.2 Å². The molecule has 83 heavy (non-hydrogen) atoms. The fourth-order valence-electron chi connectivity index (χ4n) is 7.55. The SMILES string of the molecule is O=C(O)COc1ccc(C#Cc2cc(CN(CC(=O)O)CC(=O)O)nc(CN(CCc3ccc(N=C=S)cc3)Cc3cc(C#Cc4ccc(OCC(=O)O)cc4OCC(=O)O)cc(CN(CC(=O)O)CC(=O)O)n3)c2)c(OCC(=O)O)c1.[Eu+3]. The number of aromatic nitrogens is 2. The number of thiocarbonyl (C=S) groups is 1. The summed E-state index contributed by atoms with van der Waals surface area (Å²) in [5, 5.41) is 78.0. The van der Waals surface area contributed by atoms with Crippen LogP contribution in [-0.2, 0) is 71.0 Å². The first-order valence-electron chi connectivity index (χ1n) is 24.0. The summed E-state index contributed by atoms with van der Waals surface area (Å²) < 4.78 is 21.4. The number of hydrogen-bond donors (Lipinski definition) is 8. The van der Waals surface area contributed by atoms with Crippen LogP contribution in [0.3, 0.4) is 0 Å². The molecular formula is C55H50EuN6O20S+3. The van der Waals surface area contributed by atoms with Gasteiger partial charge in [-0.05, 0) is 84.9 Å². The number of aliphatic imine (C=N–C) groups is 1. The summed E-state index contributed by atoms with van der Waals surface area (Å²) in [7, 11) is 0. The summed E-state index contributed by atoms with van der Waals surface area (Å²) >= 11 is 4.75. The second-order valence-electron chi connectivity index (χ2n) is 17.4. The van der Waals surface area contributed by atoms with Gasteiger partial charge in [0, 0.05) is 56.0 Å². The normalized spacial score (nSPS) is 10.4. The standard InChI is InChI=1S/C55H50N6O20S.Eu/c62-48(63)25-60(26-49(64)65)23-42-17-35(1-5-37-7-11-44(78-29-52(70)71)19-46(37)80-31-54(74)75)15-40(57-42)21-59(14-13-34-3-9-39(10-4-34)56-33-82)22-41-16-36(18-43(58-41)24-61(27-50(66)67)28-51(68)69)2-6-38-8-12-45(79-30-53(72)73)20-47(38)81-32-55(76)77;/h3-4,7-12,15-20H,13-14,21-32H2,(H,62,63)(H,64,65)(H,66,67)(H,68,69)(H,70,71)(H,72,73)(H,74,75)(H,76,77);/q;+3. The van der Waals surface area contributed by atoms with Gasteiger partial charge in [0.15, 0.2) is 26.4 Å². The topological polar surface area (TPSA) is 383 Å². The van der Waals surface area contributed by atoms with Crippen LogP contribution < -0.4 is 18.9 Å². The van der Waals surface area contributed by atoms with Crippen molar-refractivity contribution in [2.24, 2.45) is 4.99 Å². The Bertz CT molecular complexity index is 3170. The average molecular weight is 1300 g/mol. The van der Waals surface area contributed by atoms with Gasteiger partial charge in [-0.2, -0.15) is 4.99 Å². The van der Waals surface area contributed by atoms with E-state index in [4.69, 9.17) is 51.3 Å². The molecular weight excluding hydrogens is 1250 g/mol. The number of carbonyl (C=O) groups is 8. The zero-order chi connectivity index (χ0) is 59.7. The van der Waals surface area contributed by atoms with Crippen molar-refractivity contribution >= 4 is 70.8 Å². The van der Waals surface area contributed by atoms with Crippen molar-refractivity contribution in [3.8, 4) is 46.7 Å². The third-order valence-corrected chi connectivity index (χ3v) is 10.8. The number of benzene rings is 3. The van der Waals surface area contributed by atoms with Gasteiger partial charge >= 0.3 is 97.1 Å². The summed E-state index contributed by atoms with van der Waals surface area (Å²) in [5.74, 6) is 1.20. The number of pyridine rings is 2. The van der Waals surface area contributed by atoms with Gasteiger partial charge in [-0.1, -0.05) is 35.8 Å². The molecule has 0 amide bonds. The molecule has 5 aromatic rings. The average Bonchev–Trinajstić information content (AvgIpc) is 3.53. The first-order valence-corrected chi connectivity index (χ1v) is 24.4. The molecule has 0 aliphatic rings. The molecule has 0 atom stereocenters. The van der Waals surface area contributed by atoms with Gasteiger partial charge in [-0.15, -0.1) is 0 Å². The molecule has 0 saturated carbocycles. The maximum atomic E-state index is 11.9. The second-order valence-corrected chi connectivity index (χ2v) is 17.6. The van der Waals surface area contributed by atoms with Gasteiger partial charge in [0.2, 0.25) is 0 Å². The van der Waals surface area contributed by atoms with E-state index in [1.54, 1.807) is 24.3 Å². The van der Waals surface area contributed by atoms with Gasteiger partial charge in [0.05, 0.1) is 70.9 Å². The summed E-state index contributed by atoms with van der Waals surface area (Å²) in [6.07, 6.45) is 0.382. The maximum absolute atomic E-state index is 11.9. The molecule has 0 unspecified atom stereocenters. The van der Waals surface area contributed by atoms with Gasteiger partial charge in [-0.25, -0.2) is 19.2 Å². The van der Waals surface area contributed by atoms with Crippen molar-refractivity contribution in [1.29, 1.82) is 0 Å². The van der Waals surface area contributed by atoms with Crippen LogP contribution in [0.5, 0.6) is 23.0 Å². The van der Waals surface area contributed by atoms with E-state index >= 15 is 0 Å². The van der Waals surface area contributed by atoms with Crippen LogP contribution in [0.1, 0.15) is 50.6 Å². The Hall–Kier alpha value is -8.70. The minimum absolute atomic E-state index is 0. The molecule has 3 aromatic carbocycles. The zero-order valence-corrected chi connectivity index (χ0v) is 46.7. The Morgan fingerprint density at radius 1 is 0.446 bits per heavy atom. The van der Waals surface area contributed by atoms with Crippen molar-refractivity contribution in [1.82, 2.24) is 24.7 Å². The molecule has 0 aliphatic carbocycles. The molecule has 28 heteroatoms. The Morgan fingerprint density at radius 3 is 1.13 bits per heavy atom. The fraction of sp³-hybridized carbons (Fsp3) is 0.255. The maximum Gasteiger partial charge on any atom is 3.00 e. The molecule has 5 rings (SSSR count). The van der Waals surface area contributed by atoms with E-state index in [-0.39, 0.29) is 139 Å². The minimum Gasteiger partial charge on any atom is -0.482 e. The zero-order valence-electron chi connectivity index (χ0n) is 43.4. The molecule has 0 aliphatic heterocycles. The molecule has 26 nitrogen and oxygen atoms in total. The Balaban J connectivity index is 0.0000148. The second kappa shape index (κ2) is 33.9. The molecule has 430 valence electrons. The van der Waals surface area contributed by atoms with E-state index in [9.17, 15) is 69.0 Å². The number of carboxylic acid groups (broad SMARTS) is 8. The van der Waals surface area contributed by atoms with E-state index < -0.39 is 100 Å². The molecule has 0 fully saturated rings. The van der Waals surface area contributed by atoms with Gasteiger partial charge in [-0.3, -0.25) is 43.8 Å². The van der Waals surface area contributed by atoms with Crippen molar-refractivity contribution in [3.63, 3.8) is 0 Å². The number of nitrogens with zero attached hydrogens (tertiary/aromatic N) is 6. The Labute approximate surface area is 518 Å². The first kappa shape index (κ1) is 66.8. The number of hydrogen-bond acceptors (Lipinski definition) is 19. The fourth-order valence-corrected chi connectivity index (χ4v) is 7.66. The van der Waals surface area contributed by atoms with Crippen LogP contribution in [-0.4, -0.2) is 178 Å². The number of rotatable bonds is 32. The smallest absolute Gasteiger partial charge is 0.482 e. The summed E-state index contributed by atoms with van der Waals surface area (Å²) in [5.41, 5.74) is 3.19. The Kier molecular flexibility index (Phi) is 27.3. The summed E-state index contributed by atoms with van der Waals surface area (Å²) in [4.78, 5) is 111. The van der Waals surface area contributed by atoms with Crippen molar-refractivity contribution in [3.05, 3.63) is 136 Å². The monoisotopic (exact) mass is 1300 g/mol. The van der Waals surface area contributed by atoms with Crippen LogP contribution in [0, 0.1) is 73.1 Å². The first-order chi connectivity index (χ1) is 39.1. The molecule has 0 bridgehead atoms. The molecule has 2 aromatic heterocycles. The van der Waals surface area contributed by atoms with Gasteiger partial charge in [0.1, 0.15) is 23.0 Å². The third kappa shape index (κ3) is 25.3. The van der Waals surface area contributed by atoms with E-state index in [0.29, 0.717) is 23.5 Å². The van der Waals surface area contributed by atoms with Crippen molar-refractivity contribution in [2.45, 2.75) is 32.6 Å². The Morgan fingerprint density at radius 2 is 0.795 bits per heavy atom. The van der Waals surface area contributed by atoms with Gasteiger partial charge < -0.3 is 59.8 Å². The van der Waals surface area contributed by atoms with E-state index in [1.165, 1.54) is 48.5 Å². The van der Waals surface area contributed by atoms with E-state index in [1.807, 2.05) is 17.0 Å². The van der Waals surface area contributed by atoms with Crippen molar-refractivity contribution < 1.29 is 148 Å². The molecule has 2 heterocycles. The number of aliphatic carboxylic acids is 8. The van der Waals surface area contributed by atoms with Gasteiger partial charge in [0.25, 0.3) is 0 Å².